The number of carboxylic acids is 1. The molecule has 3 N–H and O–H groups in total. The summed E-state index contributed by atoms with van der Waals surface area (Å²) in [7, 11) is 0. The second-order valence-corrected chi connectivity index (χ2v) is 9.59. The molecule has 0 aliphatic carbocycles. The standard InChI is InChI=1S/C34H32N2O4/c1-24(19-32(37)28-10-4-2-5-11-28)36-31(34(39)40)21-25-15-17-27(18-16-25)30-14-8-9-26(20-30)22-35-23-33(38)29-12-6-3-7-13-29/h2-20,31,35-36H,21-23H2,1H3,(H,39,40). The number of Topliss-reactive ketones (excluding diaryl/α,β-unsaturated/α-hetero) is 1. The molecule has 4 rings (SSSR count). The molecule has 0 saturated carbocycles. The van der Waals surface area contributed by atoms with Crippen LogP contribution in [0.5, 0.6) is 0 Å². The normalized spacial score (nSPS) is 12.0. The van der Waals surface area contributed by atoms with E-state index in [1.807, 2.05) is 78.9 Å². The topological polar surface area (TPSA) is 95.5 Å². The molecule has 4 aromatic carbocycles. The summed E-state index contributed by atoms with van der Waals surface area (Å²) >= 11 is 0. The van der Waals surface area contributed by atoms with E-state index in [9.17, 15) is 19.5 Å². The summed E-state index contributed by atoms with van der Waals surface area (Å²) in [6.45, 7) is 2.52. The number of carbonyl (C=O) groups is 3. The average molecular weight is 533 g/mol. The molecule has 6 nitrogen and oxygen atoms in total. The van der Waals surface area contributed by atoms with Gasteiger partial charge >= 0.3 is 5.97 Å². The maximum absolute atomic E-state index is 12.4. The predicted molar refractivity (Wildman–Crippen MR) is 157 cm³/mol. The van der Waals surface area contributed by atoms with Gasteiger partial charge in [0.1, 0.15) is 6.04 Å². The van der Waals surface area contributed by atoms with Crippen LogP contribution in [0, 0.1) is 0 Å². The van der Waals surface area contributed by atoms with E-state index in [2.05, 4.69) is 16.7 Å². The first kappa shape index (κ1) is 28.2. The largest absolute Gasteiger partial charge is 0.480 e. The first-order valence-corrected chi connectivity index (χ1v) is 13.1. The van der Waals surface area contributed by atoms with Gasteiger partial charge in [0.2, 0.25) is 0 Å². The fourth-order valence-corrected chi connectivity index (χ4v) is 4.38. The van der Waals surface area contributed by atoms with Gasteiger partial charge < -0.3 is 15.7 Å². The number of aliphatic carboxylic acids is 1. The van der Waals surface area contributed by atoms with Crippen LogP contribution in [0.2, 0.25) is 0 Å². The van der Waals surface area contributed by atoms with Crippen molar-refractivity contribution in [2.24, 2.45) is 0 Å². The lowest BCUT2D eigenvalue weighted by Crippen LogP contribution is -2.37. The summed E-state index contributed by atoms with van der Waals surface area (Å²) in [4.78, 5) is 36.7. The fraction of sp³-hybridized carbons (Fsp3) is 0.147. The summed E-state index contributed by atoms with van der Waals surface area (Å²) < 4.78 is 0. The molecular weight excluding hydrogens is 500 g/mol. The maximum Gasteiger partial charge on any atom is 0.326 e. The Labute approximate surface area is 234 Å². The molecule has 4 aromatic rings. The van der Waals surface area contributed by atoms with E-state index >= 15 is 0 Å². The SMILES string of the molecule is CC(=CC(=O)c1ccccc1)NC(Cc1ccc(-c2cccc(CNCC(=O)c3ccccc3)c2)cc1)C(=O)O. The van der Waals surface area contributed by atoms with Crippen LogP contribution in [0.25, 0.3) is 11.1 Å². The number of carboxylic acid groups (broad SMARTS) is 1. The van der Waals surface area contributed by atoms with Crippen molar-refractivity contribution in [2.75, 3.05) is 6.54 Å². The minimum atomic E-state index is -0.991. The summed E-state index contributed by atoms with van der Waals surface area (Å²) in [5, 5.41) is 16.0. The zero-order valence-corrected chi connectivity index (χ0v) is 22.3. The van der Waals surface area contributed by atoms with Crippen molar-refractivity contribution in [3.05, 3.63) is 143 Å². The zero-order valence-electron chi connectivity index (χ0n) is 22.3. The van der Waals surface area contributed by atoms with E-state index in [4.69, 9.17) is 0 Å². The van der Waals surface area contributed by atoms with Crippen LogP contribution in [-0.2, 0) is 17.8 Å². The third-order valence-electron chi connectivity index (χ3n) is 6.47. The van der Waals surface area contributed by atoms with Crippen LogP contribution in [-0.4, -0.2) is 35.2 Å². The van der Waals surface area contributed by atoms with Gasteiger partial charge in [-0.15, -0.1) is 0 Å². The molecule has 0 amide bonds. The van der Waals surface area contributed by atoms with Crippen LogP contribution < -0.4 is 10.6 Å². The van der Waals surface area contributed by atoms with E-state index < -0.39 is 12.0 Å². The number of nitrogens with one attached hydrogen (secondary N) is 2. The highest BCUT2D eigenvalue weighted by atomic mass is 16.4. The first-order chi connectivity index (χ1) is 19.4. The maximum atomic E-state index is 12.4. The summed E-state index contributed by atoms with van der Waals surface area (Å²) in [5.41, 5.74) is 5.70. The number of ketones is 2. The Bertz CT molecular complexity index is 1480. The molecule has 0 saturated heterocycles. The second kappa shape index (κ2) is 13.8. The monoisotopic (exact) mass is 532 g/mol. The molecule has 0 bridgehead atoms. The quantitative estimate of drug-likeness (QED) is 0.151. The number of allylic oxidation sites excluding steroid dienone is 2. The average Bonchev–Trinajstić information content (AvgIpc) is 2.98. The van der Waals surface area contributed by atoms with Crippen LogP contribution in [0.1, 0.15) is 38.8 Å². The van der Waals surface area contributed by atoms with E-state index in [0.717, 1.165) is 22.3 Å². The van der Waals surface area contributed by atoms with Gasteiger partial charge in [-0.2, -0.15) is 0 Å². The smallest absolute Gasteiger partial charge is 0.326 e. The van der Waals surface area contributed by atoms with Gasteiger partial charge in [0.25, 0.3) is 0 Å². The third kappa shape index (κ3) is 8.09. The molecule has 0 fully saturated rings. The zero-order chi connectivity index (χ0) is 28.3. The predicted octanol–water partition coefficient (Wildman–Crippen LogP) is 5.70. The number of carbonyl (C=O) groups excluding carboxylic acids is 2. The summed E-state index contributed by atoms with van der Waals surface area (Å²) in [6.07, 6.45) is 1.69. The third-order valence-corrected chi connectivity index (χ3v) is 6.47. The van der Waals surface area contributed by atoms with E-state index in [1.165, 1.54) is 6.08 Å². The number of benzene rings is 4. The molecule has 6 heteroatoms. The van der Waals surface area contributed by atoms with Crippen LogP contribution in [0.4, 0.5) is 0 Å². The van der Waals surface area contributed by atoms with E-state index in [0.29, 0.717) is 23.4 Å². The van der Waals surface area contributed by atoms with Crippen molar-refractivity contribution in [1.82, 2.24) is 10.6 Å². The Kier molecular flexibility index (Phi) is 9.75. The molecule has 1 atom stereocenters. The number of rotatable bonds is 13. The highest BCUT2D eigenvalue weighted by Crippen LogP contribution is 2.22. The van der Waals surface area contributed by atoms with Crippen molar-refractivity contribution in [2.45, 2.75) is 25.9 Å². The van der Waals surface area contributed by atoms with Gasteiger partial charge in [0, 0.05) is 35.9 Å². The molecule has 0 aromatic heterocycles. The Hall–Kier alpha value is -4.81. The number of hydrogen-bond donors (Lipinski definition) is 3. The van der Waals surface area contributed by atoms with Gasteiger partial charge in [-0.3, -0.25) is 9.59 Å². The van der Waals surface area contributed by atoms with Crippen molar-refractivity contribution in [1.29, 1.82) is 0 Å². The Morgan fingerprint density at radius 2 is 1.40 bits per heavy atom. The minimum Gasteiger partial charge on any atom is -0.480 e. The van der Waals surface area contributed by atoms with Crippen molar-refractivity contribution in [3.63, 3.8) is 0 Å². The molecular formula is C34H32N2O4. The highest BCUT2D eigenvalue weighted by molar-refractivity contribution is 6.04. The van der Waals surface area contributed by atoms with Crippen molar-refractivity contribution >= 4 is 17.5 Å². The summed E-state index contributed by atoms with van der Waals surface area (Å²) in [5.74, 6) is -1.12. The highest BCUT2D eigenvalue weighted by Gasteiger charge is 2.18. The van der Waals surface area contributed by atoms with Crippen LogP contribution in [0.15, 0.2) is 121 Å². The van der Waals surface area contributed by atoms with Gasteiger partial charge in [-0.1, -0.05) is 103 Å². The molecule has 40 heavy (non-hydrogen) atoms. The molecule has 0 aliphatic rings. The van der Waals surface area contributed by atoms with Crippen LogP contribution >= 0.6 is 0 Å². The lowest BCUT2D eigenvalue weighted by Gasteiger charge is -2.16. The summed E-state index contributed by atoms with van der Waals surface area (Å²) in [6, 6.07) is 33.1. The lowest BCUT2D eigenvalue weighted by atomic mass is 9.99. The van der Waals surface area contributed by atoms with Gasteiger partial charge in [0.05, 0.1) is 6.54 Å². The van der Waals surface area contributed by atoms with Crippen molar-refractivity contribution < 1.29 is 19.5 Å². The molecule has 0 heterocycles. The van der Waals surface area contributed by atoms with Gasteiger partial charge in [0.15, 0.2) is 11.6 Å². The molecule has 1 unspecified atom stereocenters. The fourth-order valence-electron chi connectivity index (χ4n) is 4.38. The molecule has 0 radical (unpaired) electrons. The molecule has 202 valence electrons. The van der Waals surface area contributed by atoms with Crippen LogP contribution in [0.3, 0.4) is 0 Å². The van der Waals surface area contributed by atoms with Crippen molar-refractivity contribution in [3.8, 4) is 11.1 Å². The molecule has 0 aliphatic heterocycles. The lowest BCUT2D eigenvalue weighted by molar-refractivity contribution is -0.139. The molecule has 0 spiro atoms. The Morgan fingerprint density at radius 3 is 2.05 bits per heavy atom. The van der Waals surface area contributed by atoms with Gasteiger partial charge in [-0.25, -0.2) is 4.79 Å². The second-order valence-electron chi connectivity index (χ2n) is 9.59. The van der Waals surface area contributed by atoms with E-state index in [1.54, 1.807) is 31.2 Å². The minimum absolute atomic E-state index is 0.0509. The Morgan fingerprint density at radius 1 is 0.750 bits per heavy atom. The van der Waals surface area contributed by atoms with Gasteiger partial charge in [-0.05, 0) is 35.2 Å². The van der Waals surface area contributed by atoms with E-state index in [-0.39, 0.29) is 24.5 Å². The first-order valence-electron chi connectivity index (χ1n) is 13.1. The number of hydrogen-bond acceptors (Lipinski definition) is 5. The Balaban J connectivity index is 1.35.